The van der Waals surface area contributed by atoms with E-state index in [0.29, 0.717) is 5.69 Å². The lowest BCUT2D eigenvalue weighted by Gasteiger charge is -2.12. The van der Waals surface area contributed by atoms with Crippen LogP contribution in [0.25, 0.3) is 0 Å². The average Bonchev–Trinajstić information content (AvgIpc) is 2.29. The molecule has 0 saturated carbocycles. The van der Waals surface area contributed by atoms with E-state index in [4.69, 9.17) is 0 Å². The molecule has 102 valence electrons. The third kappa shape index (κ3) is 3.81. The Hall–Kier alpha value is -1.84. The molecule has 1 aromatic rings. The van der Waals surface area contributed by atoms with Crippen molar-refractivity contribution in [1.29, 1.82) is 0 Å². The third-order valence-corrected chi connectivity index (χ3v) is 2.75. The van der Waals surface area contributed by atoms with Crippen LogP contribution in [-0.2, 0) is 0 Å². The fraction of sp³-hybridized carbons (Fsp3) is 0.267. The van der Waals surface area contributed by atoms with Gasteiger partial charge in [0, 0.05) is 0 Å². The molecular formula is C15H16F3N. The molecule has 0 aliphatic carbocycles. The quantitative estimate of drug-likeness (QED) is 0.535. The first-order valence-corrected chi connectivity index (χ1v) is 5.81. The Morgan fingerprint density at radius 2 is 1.89 bits per heavy atom. The Morgan fingerprint density at radius 3 is 2.42 bits per heavy atom. The molecule has 0 bridgehead atoms. The van der Waals surface area contributed by atoms with Gasteiger partial charge < -0.3 is 0 Å². The summed E-state index contributed by atoms with van der Waals surface area (Å²) in [4.78, 5) is 3.75. The van der Waals surface area contributed by atoms with Gasteiger partial charge in [-0.3, -0.25) is 0 Å². The second-order valence-corrected chi connectivity index (χ2v) is 4.20. The second-order valence-electron chi connectivity index (χ2n) is 4.20. The summed E-state index contributed by atoms with van der Waals surface area (Å²) in [6.45, 7) is 8.64. The van der Waals surface area contributed by atoms with Crippen molar-refractivity contribution in [1.82, 2.24) is 0 Å². The molecule has 0 aliphatic heterocycles. The van der Waals surface area contributed by atoms with Crippen molar-refractivity contribution in [2.24, 2.45) is 4.99 Å². The minimum absolute atomic E-state index is 0.143. The van der Waals surface area contributed by atoms with Crippen LogP contribution in [0.5, 0.6) is 0 Å². The number of alkyl halides is 3. The van der Waals surface area contributed by atoms with Crippen molar-refractivity contribution in [2.45, 2.75) is 26.9 Å². The average molecular weight is 267 g/mol. The molecule has 0 fully saturated rings. The molecule has 19 heavy (non-hydrogen) atoms. The topological polar surface area (TPSA) is 12.4 Å². The first-order chi connectivity index (χ1) is 8.77. The van der Waals surface area contributed by atoms with Crippen molar-refractivity contribution in [3.8, 4) is 0 Å². The molecule has 1 aromatic carbocycles. The van der Waals surface area contributed by atoms with Crippen molar-refractivity contribution >= 4 is 11.4 Å². The SMILES string of the molecule is C=C(/C=C/C)/C(=N\c1cccc(C)c1C)C(F)(F)F. The highest BCUT2D eigenvalue weighted by Gasteiger charge is 2.36. The molecule has 0 unspecified atom stereocenters. The van der Waals surface area contributed by atoms with Crippen LogP contribution in [-0.4, -0.2) is 11.9 Å². The van der Waals surface area contributed by atoms with Gasteiger partial charge in [-0.15, -0.1) is 0 Å². The number of rotatable bonds is 3. The van der Waals surface area contributed by atoms with Gasteiger partial charge >= 0.3 is 6.18 Å². The van der Waals surface area contributed by atoms with E-state index in [9.17, 15) is 13.2 Å². The Labute approximate surface area is 111 Å². The Bertz CT molecular complexity index is 537. The standard InChI is InChI=1S/C15H16F3N/c1-5-7-11(3)14(15(16,17)18)19-13-9-6-8-10(2)12(13)4/h5-9H,3H2,1-2,4H3/b7-5+,19-14+. The van der Waals surface area contributed by atoms with Crippen molar-refractivity contribution < 1.29 is 13.2 Å². The van der Waals surface area contributed by atoms with Gasteiger partial charge in [-0.25, -0.2) is 4.99 Å². The maximum absolute atomic E-state index is 13.0. The summed E-state index contributed by atoms with van der Waals surface area (Å²) in [5.41, 5.74) is 0.852. The number of nitrogens with zero attached hydrogens (tertiary/aromatic N) is 1. The summed E-state index contributed by atoms with van der Waals surface area (Å²) in [6.07, 6.45) is -1.71. The van der Waals surface area contributed by atoms with E-state index >= 15 is 0 Å². The minimum atomic E-state index is -4.52. The molecule has 0 spiro atoms. The smallest absolute Gasteiger partial charge is 0.243 e. The van der Waals surface area contributed by atoms with Crippen LogP contribution >= 0.6 is 0 Å². The fourth-order valence-electron chi connectivity index (χ4n) is 1.57. The molecule has 0 N–H and O–H groups in total. The van der Waals surface area contributed by atoms with Crippen LogP contribution in [0.1, 0.15) is 18.1 Å². The minimum Gasteiger partial charge on any atom is -0.243 e. The second kappa shape index (κ2) is 5.87. The Morgan fingerprint density at radius 1 is 1.26 bits per heavy atom. The molecule has 1 rings (SSSR count). The third-order valence-electron chi connectivity index (χ3n) is 2.75. The number of benzene rings is 1. The molecular weight excluding hydrogens is 251 g/mol. The predicted molar refractivity (Wildman–Crippen MR) is 73.0 cm³/mol. The molecule has 0 amide bonds. The predicted octanol–water partition coefficient (Wildman–Crippen LogP) is 5.07. The van der Waals surface area contributed by atoms with E-state index in [1.54, 1.807) is 26.0 Å². The zero-order valence-electron chi connectivity index (χ0n) is 11.2. The highest BCUT2D eigenvalue weighted by molar-refractivity contribution is 6.07. The molecule has 0 atom stereocenters. The summed E-state index contributed by atoms with van der Waals surface area (Å²) >= 11 is 0. The monoisotopic (exact) mass is 267 g/mol. The molecule has 0 aliphatic rings. The van der Waals surface area contributed by atoms with Gasteiger partial charge in [0.15, 0.2) is 5.71 Å². The largest absolute Gasteiger partial charge is 0.433 e. The Balaban J connectivity index is 3.36. The molecule has 0 heterocycles. The molecule has 1 nitrogen and oxygen atoms in total. The van der Waals surface area contributed by atoms with E-state index in [1.807, 2.05) is 13.0 Å². The van der Waals surface area contributed by atoms with E-state index in [0.717, 1.165) is 11.1 Å². The van der Waals surface area contributed by atoms with Crippen LogP contribution < -0.4 is 0 Å². The summed E-state index contributed by atoms with van der Waals surface area (Å²) in [5, 5.41) is 0. The number of aliphatic imine (C=N–C) groups is 1. The van der Waals surface area contributed by atoms with Crippen LogP contribution in [0, 0.1) is 13.8 Å². The van der Waals surface area contributed by atoms with Gasteiger partial charge in [0.25, 0.3) is 0 Å². The lowest BCUT2D eigenvalue weighted by molar-refractivity contribution is -0.0580. The molecule has 4 heteroatoms. The Kier molecular flexibility index (Phi) is 4.70. The molecule has 0 radical (unpaired) electrons. The van der Waals surface area contributed by atoms with Gasteiger partial charge in [-0.2, -0.15) is 13.2 Å². The number of aryl methyl sites for hydroxylation is 1. The van der Waals surface area contributed by atoms with E-state index in [1.165, 1.54) is 12.2 Å². The normalized spacial score (nSPS) is 13.1. The number of halogens is 3. The van der Waals surface area contributed by atoms with Crippen molar-refractivity contribution in [2.75, 3.05) is 0 Å². The van der Waals surface area contributed by atoms with Crippen molar-refractivity contribution in [3.05, 3.63) is 53.6 Å². The summed E-state index contributed by atoms with van der Waals surface area (Å²) in [7, 11) is 0. The van der Waals surface area contributed by atoms with E-state index in [2.05, 4.69) is 11.6 Å². The number of hydrogen-bond acceptors (Lipinski definition) is 1. The maximum Gasteiger partial charge on any atom is 0.433 e. The first kappa shape index (κ1) is 15.2. The van der Waals surface area contributed by atoms with Gasteiger partial charge in [-0.05, 0) is 43.5 Å². The van der Waals surface area contributed by atoms with Crippen LogP contribution in [0.15, 0.2) is 47.5 Å². The highest BCUT2D eigenvalue weighted by Crippen LogP contribution is 2.28. The number of hydrogen-bond donors (Lipinski definition) is 0. The van der Waals surface area contributed by atoms with Crippen LogP contribution in [0.4, 0.5) is 18.9 Å². The van der Waals surface area contributed by atoms with Gasteiger partial charge in [0.1, 0.15) is 0 Å². The highest BCUT2D eigenvalue weighted by atomic mass is 19.4. The van der Waals surface area contributed by atoms with Crippen molar-refractivity contribution in [3.63, 3.8) is 0 Å². The van der Waals surface area contributed by atoms with E-state index in [-0.39, 0.29) is 5.57 Å². The van der Waals surface area contributed by atoms with Crippen LogP contribution in [0.2, 0.25) is 0 Å². The lowest BCUT2D eigenvalue weighted by Crippen LogP contribution is -2.23. The van der Waals surface area contributed by atoms with Crippen LogP contribution in [0.3, 0.4) is 0 Å². The summed E-state index contributed by atoms with van der Waals surface area (Å²) in [6, 6.07) is 5.09. The maximum atomic E-state index is 13.0. The van der Waals surface area contributed by atoms with Gasteiger partial charge in [0.05, 0.1) is 5.69 Å². The zero-order chi connectivity index (χ0) is 14.6. The fourth-order valence-corrected chi connectivity index (χ4v) is 1.57. The van der Waals surface area contributed by atoms with Gasteiger partial charge in [-0.1, -0.05) is 30.9 Å². The molecule has 0 aromatic heterocycles. The summed E-state index contributed by atoms with van der Waals surface area (Å²) in [5.74, 6) is 0. The van der Waals surface area contributed by atoms with Gasteiger partial charge in [0.2, 0.25) is 0 Å². The zero-order valence-corrected chi connectivity index (χ0v) is 11.2. The lowest BCUT2D eigenvalue weighted by atomic mass is 10.1. The molecule has 0 saturated heterocycles. The first-order valence-electron chi connectivity index (χ1n) is 5.81. The van der Waals surface area contributed by atoms with E-state index < -0.39 is 11.9 Å². The summed E-state index contributed by atoms with van der Waals surface area (Å²) < 4.78 is 39.0. The number of allylic oxidation sites excluding steroid dienone is 3.